The lowest BCUT2D eigenvalue weighted by Gasteiger charge is -2.14. The van der Waals surface area contributed by atoms with E-state index in [4.69, 9.17) is 0 Å². The fraction of sp³-hybridized carbons (Fsp3) is 0.0333. The Balaban J connectivity index is 1.22. The van der Waals surface area contributed by atoms with E-state index in [-0.39, 0.29) is 44.5 Å². The van der Waals surface area contributed by atoms with Crippen LogP contribution < -0.4 is 5.43 Å². The van der Waals surface area contributed by atoms with Crippen molar-refractivity contribution < 1.29 is 33.6 Å². The number of imide groups is 2. The number of aromatic nitrogens is 2. The number of benzene rings is 2. The summed E-state index contributed by atoms with van der Waals surface area (Å²) < 4.78 is 0. The second-order valence-corrected chi connectivity index (χ2v) is 9.33. The predicted octanol–water partition coefficient (Wildman–Crippen LogP) is 2.13. The number of hydrogen-bond acceptors (Lipinski definition) is 9. The number of fused-ring (bicyclic) bond motifs is 2. The molecule has 5 amide bonds. The Morgan fingerprint density at radius 2 is 1.05 bits per heavy atom. The van der Waals surface area contributed by atoms with Crippen LogP contribution in [-0.4, -0.2) is 67.5 Å². The van der Waals surface area contributed by atoms with Gasteiger partial charge in [0, 0.05) is 47.0 Å². The number of rotatable bonds is 7. The number of pyridine rings is 2. The Morgan fingerprint density at radius 3 is 1.64 bits per heavy atom. The molecule has 0 bridgehead atoms. The van der Waals surface area contributed by atoms with Crippen LogP contribution in [0.2, 0.25) is 0 Å². The van der Waals surface area contributed by atoms with E-state index in [1.807, 2.05) is 0 Å². The molecule has 4 heterocycles. The standard InChI is InChI=1S/C30H17N5O7/c36-24(16-5-9-31-10-6-16)15-34-27(39)20-3-1-18(13-22(20)28(34)40)25(37)19-2-4-21-23(14-19)30(42)35(29(21)41)33-26(38)17-7-11-32-12-8-17/h1-14H,15H2,(H,33,38). The molecule has 0 saturated carbocycles. The van der Waals surface area contributed by atoms with Crippen molar-refractivity contribution in [2.24, 2.45) is 0 Å². The van der Waals surface area contributed by atoms with Gasteiger partial charge < -0.3 is 0 Å². The highest BCUT2D eigenvalue weighted by Crippen LogP contribution is 2.27. The van der Waals surface area contributed by atoms with Gasteiger partial charge in [-0.05, 0) is 48.5 Å². The van der Waals surface area contributed by atoms with Crippen LogP contribution in [0.5, 0.6) is 0 Å². The maximum atomic E-state index is 13.4. The summed E-state index contributed by atoms with van der Waals surface area (Å²) in [6.45, 7) is -0.477. The Labute approximate surface area is 236 Å². The third kappa shape index (κ3) is 4.32. The summed E-state index contributed by atoms with van der Waals surface area (Å²) in [5.41, 5.74) is 2.76. The lowest BCUT2D eigenvalue weighted by molar-refractivity contribution is 0.0517. The van der Waals surface area contributed by atoms with Crippen molar-refractivity contribution in [3.63, 3.8) is 0 Å². The van der Waals surface area contributed by atoms with Gasteiger partial charge in [0.2, 0.25) is 0 Å². The van der Waals surface area contributed by atoms with Crippen LogP contribution in [0, 0.1) is 0 Å². The summed E-state index contributed by atoms with van der Waals surface area (Å²) in [5, 5.41) is 0.573. The zero-order valence-corrected chi connectivity index (χ0v) is 21.4. The van der Waals surface area contributed by atoms with Gasteiger partial charge in [0.1, 0.15) is 0 Å². The number of hydrazine groups is 1. The van der Waals surface area contributed by atoms with Crippen LogP contribution in [0.15, 0.2) is 85.5 Å². The van der Waals surface area contributed by atoms with Crippen LogP contribution >= 0.6 is 0 Å². The second-order valence-electron chi connectivity index (χ2n) is 9.33. The molecule has 2 aliphatic heterocycles. The summed E-state index contributed by atoms with van der Waals surface area (Å²) in [4.78, 5) is 98.6. The number of nitrogens with one attached hydrogen (secondary N) is 1. The fourth-order valence-corrected chi connectivity index (χ4v) is 4.67. The van der Waals surface area contributed by atoms with Crippen LogP contribution in [0.25, 0.3) is 0 Å². The van der Waals surface area contributed by atoms with Gasteiger partial charge in [-0.1, -0.05) is 12.1 Å². The van der Waals surface area contributed by atoms with Gasteiger partial charge >= 0.3 is 0 Å². The first-order valence-electron chi connectivity index (χ1n) is 12.5. The molecule has 12 nitrogen and oxygen atoms in total. The molecule has 204 valence electrons. The summed E-state index contributed by atoms with van der Waals surface area (Å²) in [5.74, 6) is -4.69. The average Bonchev–Trinajstić information content (AvgIpc) is 3.40. The average molecular weight is 559 g/mol. The SMILES string of the molecule is O=C(CN1C(=O)c2ccc(C(=O)c3ccc4c(c3)C(=O)N(NC(=O)c3ccncc3)C4=O)cc2C1=O)c1ccncc1. The maximum Gasteiger partial charge on any atom is 0.280 e. The Morgan fingerprint density at radius 1 is 0.571 bits per heavy atom. The van der Waals surface area contributed by atoms with Crippen molar-refractivity contribution >= 4 is 41.1 Å². The van der Waals surface area contributed by atoms with Crippen molar-refractivity contribution in [2.45, 2.75) is 0 Å². The van der Waals surface area contributed by atoms with Gasteiger partial charge in [-0.15, -0.1) is 0 Å². The molecule has 12 heteroatoms. The predicted molar refractivity (Wildman–Crippen MR) is 142 cm³/mol. The zero-order valence-electron chi connectivity index (χ0n) is 21.4. The molecular weight excluding hydrogens is 542 g/mol. The molecule has 6 rings (SSSR count). The third-order valence-corrected chi connectivity index (χ3v) is 6.84. The van der Waals surface area contributed by atoms with Crippen molar-refractivity contribution in [3.05, 3.63) is 130 Å². The molecule has 0 unspecified atom stereocenters. The second kappa shape index (κ2) is 10.1. The van der Waals surface area contributed by atoms with Crippen molar-refractivity contribution in [2.75, 3.05) is 6.54 Å². The summed E-state index contributed by atoms with van der Waals surface area (Å²) in [7, 11) is 0. The molecule has 0 spiro atoms. The largest absolute Gasteiger partial charge is 0.292 e. The number of carbonyl (C=O) groups is 7. The third-order valence-electron chi connectivity index (χ3n) is 6.84. The fourth-order valence-electron chi connectivity index (χ4n) is 4.67. The number of nitrogens with zero attached hydrogens (tertiary/aromatic N) is 4. The molecule has 1 N–H and O–H groups in total. The Bertz CT molecular complexity index is 1740. The highest BCUT2D eigenvalue weighted by Gasteiger charge is 2.39. The van der Waals surface area contributed by atoms with Gasteiger partial charge in [0.05, 0.1) is 28.8 Å². The van der Waals surface area contributed by atoms with Crippen LogP contribution in [0.1, 0.15) is 78.1 Å². The minimum atomic E-state index is -0.823. The number of hydrogen-bond donors (Lipinski definition) is 1. The lowest BCUT2D eigenvalue weighted by Crippen LogP contribution is -2.45. The zero-order chi connectivity index (χ0) is 29.5. The summed E-state index contributed by atoms with van der Waals surface area (Å²) in [6.07, 6.45) is 5.62. The van der Waals surface area contributed by atoms with E-state index in [1.165, 1.54) is 85.5 Å². The van der Waals surface area contributed by atoms with E-state index in [1.54, 1.807) is 0 Å². The van der Waals surface area contributed by atoms with Crippen LogP contribution in [0.4, 0.5) is 0 Å². The number of amides is 5. The molecular formula is C30H17N5O7. The molecule has 42 heavy (non-hydrogen) atoms. The van der Waals surface area contributed by atoms with E-state index in [0.717, 1.165) is 4.90 Å². The minimum Gasteiger partial charge on any atom is -0.292 e. The summed E-state index contributed by atoms with van der Waals surface area (Å²) >= 11 is 0. The van der Waals surface area contributed by atoms with E-state index in [9.17, 15) is 33.6 Å². The summed E-state index contributed by atoms with van der Waals surface area (Å²) in [6, 6.07) is 13.6. The normalized spacial score (nSPS) is 13.7. The van der Waals surface area contributed by atoms with E-state index in [2.05, 4.69) is 15.4 Å². The Hall–Kier alpha value is -6.17. The molecule has 2 aromatic heterocycles. The molecule has 0 aliphatic carbocycles. The maximum absolute atomic E-state index is 13.4. The first-order chi connectivity index (χ1) is 20.2. The highest BCUT2D eigenvalue weighted by atomic mass is 16.2. The first-order valence-corrected chi connectivity index (χ1v) is 12.5. The van der Waals surface area contributed by atoms with Gasteiger partial charge in [-0.3, -0.25) is 53.9 Å². The van der Waals surface area contributed by atoms with Gasteiger partial charge in [-0.2, -0.15) is 5.01 Å². The van der Waals surface area contributed by atoms with Gasteiger partial charge in [0.15, 0.2) is 11.6 Å². The molecule has 4 aromatic rings. The topological polar surface area (TPSA) is 164 Å². The molecule has 0 radical (unpaired) electrons. The molecule has 0 fully saturated rings. The molecule has 0 atom stereocenters. The van der Waals surface area contributed by atoms with E-state index >= 15 is 0 Å². The van der Waals surface area contributed by atoms with Crippen molar-refractivity contribution in [1.82, 2.24) is 25.3 Å². The van der Waals surface area contributed by atoms with Gasteiger partial charge in [0.25, 0.3) is 29.5 Å². The minimum absolute atomic E-state index is 0.00388. The molecule has 2 aromatic carbocycles. The quantitative estimate of drug-likeness (QED) is 0.264. The van der Waals surface area contributed by atoms with Crippen LogP contribution in [0.3, 0.4) is 0 Å². The first kappa shape index (κ1) is 26.1. The van der Waals surface area contributed by atoms with Crippen LogP contribution in [-0.2, 0) is 0 Å². The lowest BCUT2D eigenvalue weighted by atomic mass is 9.96. The van der Waals surface area contributed by atoms with Crippen molar-refractivity contribution in [1.29, 1.82) is 0 Å². The number of carbonyl (C=O) groups excluding carboxylic acids is 7. The smallest absolute Gasteiger partial charge is 0.280 e. The van der Waals surface area contributed by atoms with E-state index < -0.39 is 47.6 Å². The molecule has 0 saturated heterocycles. The van der Waals surface area contributed by atoms with Crippen molar-refractivity contribution in [3.8, 4) is 0 Å². The molecule has 2 aliphatic rings. The Kier molecular flexibility index (Phi) is 6.27. The number of ketones is 2. The van der Waals surface area contributed by atoms with E-state index in [0.29, 0.717) is 5.01 Å². The highest BCUT2D eigenvalue weighted by molar-refractivity contribution is 6.25. The number of Topliss-reactive ketones (excluding diaryl/α,β-unsaturated/α-hetero) is 1. The monoisotopic (exact) mass is 559 g/mol. The van der Waals surface area contributed by atoms with Gasteiger partial charge in [-0.25, -0.2) is 0 Å².